The molecule has 0 saturated heterocycles. The normalized spacial score (nSPS) is 16.4. The van der Waals surface area contributed by atoms with E-state index in [4.69, 9.17) is 11.6 Å². The summed E-state index contributed by atoms with van der Waals surface area (Å²) in [5, 5.41) is -0.0376. The van der Waals surface area contributed by atoms with Gasteiger partial charge in [-0.3, -0.25) is 4.79 Å². The minimum atomic E-state index is -0.517. The lowest BCUT2D eigenvalue weighted by Crippen LogP contribution is -2.22. The second-order valence-corrected chi connectivity index (χ2v) is 3.97. The molecular weight excluding hydrogens is 203 g/mol. The van der Waals surface area contributed by atoms with Crippen molar-refractivity contribution >= 4 is 17.4 Å². The van der Waals surface area contributed by atoms with Crippen molar-refractivity contribution in [2.45, 2.75) is 19.3 Å². The van der Waals surface area contributed by atoms with Crippen LogP contribution in [0.15, 0.2) is 18.2 Å². The number of carbonyl (C=O) groups is 1. The number of halogens is 2. The minimum absolute atomic E-state index is 0.0132. The van der Waals surface area contributed by atoms with Gasteiger partial charge < -0.3 is 0 Å². The Morgan fingerprint density at radius 2 is 2.14 bits per heavy atom. The zero-order chi connectivity index (χ0) is 10.1. The molecule has 1 fully saturated rings. The van der Waals surface area contributed by atoms with Crippen LogP contribution in [-0.2, 0) is 0 Å². The molecule has 0 unspecified atom stereocenters. The molecule has 2 rings (SSSR count). The van der Waals surface area contributed by atoms with Gasteiger partial charge in [0, 0.05) is 11.5 Å². The van der Waals surface area contributed by atoms with Crippen LogP contribution in [0.2, 0.25) is 5.02 Å². The second-order valence-electron chi connectivity index (χ2n) is 3.59. The number of Topliss-reactive ketones (excluding diaryl/α,β-unsaturated/α-hetero) is 1. The highest BCUT2D eigenvalue weighted by molar-refractivity contribution is 6.34. The quantitative estimate of drug-likeness (QED) is 0.687. The smallest absolute Gasteiger partial charge is 0.167 e. The maximum absolute atomic E-state index is 13.0. The molecule has 1 nitrogen and oxygen atoms in total. The molecule has 0 amide bonds. The lowest BCUT2D eigenvalue weighted by atomic mass is 9.80. The highest BCUT2D eigenvalue weighted by Crippen LogP contribution is 2.32. The summed E-state index contributed by atoms with van der Waals surface area (Å²) in [7, 11) is 0. The van der Waals surface area contributed by atoms with E-state index >= 15 is 0 Å². The molecule has 0 bridgehead atoms. The van der Waals surface area contributed by atoms with Gasteiger partial charge in [0.1, 0.15) is 5.82 Å². The van der Waals surface area contributed by atoms with Crippen LogP contribution in [0, 0.1) is 11.7 Å². The molecule has 0 aromatic heterocycles. The van der Waals surface area contributed by atoms with E-state index < -0.39 is 5.82 Å². The Balaban J connectivity index is 2.31. The Labute approximate surface area is 86.9 Å². The highest BCUT2D eigenvalue weighted by Gasteiger charge is 2.27. The first kappa shape index (κ1) is 9.66. The predicted molar refractivity (Wildman–Crippen MR) is 53.1 cm³/mol. The lowest BCUT2D eigenvalue weighted by molar-refractivity contribution is 0.0855. The molecule has 1 aliphatic carbocycles. The number of benzene rings is 1. The zero-order valence-electron chi connectivity index (χ0n) is 7.59. The van der Waals surface area contributed by atoms with Crippen LogP contribution in [0.4, 0.5) is 4.39 Å². The molecule has 14 heavy (non-hydrogen) atoms. The van der Waals surface area contributed by atoms with Gasteiger partial charge in [-0.15, -0.1) is 0 Å². The van der Waals surface area contributed by atoms with Gasteiger partial charge in [-0.1, -0.05) is 24.1 Å². The number of ketones is 1. The van der Waals surface area contributed by atoms with E-state index in [0.29, 0.717) is 5.56 Å². The lowest BCUT2D eigenvalue weighted by Gasteiger charge is -2.24. The van der Waals surface area contributed by atoms with Crippen molar-refractivity contribution in [1.29, 1.82) is 0 Å². The van der Waals surface area contributed by atoms with Crippen molar-refractivity contribution in [3.63, 3.8) is 0 Å². The molecule has 1 saturated carbocycles. The fraction of sp³-hybridized carbons (Fsp3) is 0.364. The van der Waals surface area contributed by atoms with Crippen LogP contribution in [0.5, 0.6) is 0 Å². The maximum atomic E-state index is 13.0. The Morgan fingerprint density at radius 3 is 2.71 bits per heavy atom. The Bertz CT molecular complexity index is 372. The van der Waals surface area contributed by atoms with Crippen molar-refractivity contribution in [3.8, 4) is 0 Å². The van der Waals surface area contributed by atoms with Crippen LogP contribution in [0.3, 0.4) is 0 Å². The van der Waals surface area contributed by atoms with E-state index in [1.54, 1.807) is 6.07 Å². The van der Waals surface area contributed by atoms with Crippen molar-refractivity contribution in [3.05, 3.63) is 34.6 Å². The summed E-state index contributed by atoms with van der Waals surface area (Å²) in [5.41, 5.74) is 0.330. The van der Waals surface area contributed by atoms with Crippen molar-refractivity contribution in [2.75, 3.05) is 0 Å². The fourth-order valence-corrected chi connectivity index (χ4v) is 1.80. The molecule has 1 aromatic rings. The van der Waals surface area contributed by atoms with Gasteiger partial charge in [0.25, 0.3) is 0 Å². The molecule has 74 valence electrons. The maximum Gasteiger partial charge on any atom is 0.167 e. The van der Waals surface area contributed by atoms with Crippen molar-refractivity contribution < 1.29 is 9.18 Å². The molecule has 0 radical (unpaired) electrons. The summed E-state index contributed by atoms with van der Waals surface area (Å²) in [5.74, 6) is -0.466. The van der Waals surface area contributed by atoms with Crippen LogP contribution in [0.25, 0.3) is 0 Å². The van der Waals surface area contributed by atoms with Crippen LogP contribution in [-0.4, -0.2) is 5.78 Å². The van der Waals surface area contributed by atoms with Crippen molar-refractivity contribution in [2.24, 2.45) is 5.92 Å². The average molecular weight is 213 g/mol. The van der Waals surface area contributed by atoms with E-state index in [0.717, 1.165) is 19.3 Å². The third kappa shape index (κ3) is 1.55. The first-order chi connectivity index (χ1) is 6.70. The molecule has 0 heterocycles. The monoisotopic (exact) mass is 212 g/mol. The number of rotatable bonds is 2. The summed E-state index contributed by atoms with van der Waals surface area (Å²) in [4.78, 5) is 11.7. The molecule has 0 spiro atoms. The predicted octanol–water partition coefficient (Wildman–Crippen LogP) is 3.46. The molecular formula is C11H10ClFO. The first-order valence-electron chi connectivity index (χ1n) is 4.68. The molecule has 0 N–H and O–H groups in total. The summed E-state index contributed by atoms with van der Waals surface area (Å²) in [6.45, 7) is 0. The standard InChI is InChI=1S/C11H10ClFO/c12-10-8(5-2-6-9(10)13)11(14)7-3-1-4-7/h2,5-7H,1,3-4H2. The van der Waals surface area contributed by atoms with Gasteiger partial charge in [-0.2, -0.15) is 0 Å². The van der Waals surface area contributed by atoms with E-state index in [1.165, 1.54) is 12.1 Å². The molecule has 0 atom stereocenters. The summed E-state index contributed by atoms with van der Waals surface area (Å²) in [6, 6.07) is 4.37. The average Bonchev–Trinajstić information content (AvgIpc) is 2.06. The second kappa shape index (κ2) is 3.70. The number of hydrogen-bond acceptors (Lipinski definition) is 1. The molecule has 1 aromatic carbocycles. The van der Waals surface area contributed by atoms with Gasteiger partial charge in [0.05, 0.1) is 5.02 Å². The van der Waals surface area contributed by atoms with Crippen LogP contribution >= 0.6 is 11.6 Å². The van der Waals surface area contributed by atoms with Gasteiger partial charge in [-0.25, -0.2) is 4.39 Å². The van der Waals surface area contributed by atoms with Gasteiger partial charge >= 0.3 is 0 Å². The third-order valence-corrected chi connectivity index (χ3v) is 3.08. The Morgan fingerprint density at radius 1 is 1.43 bits per heavy atom. The summed E-state index contributed by atoms with van der Waals surface area (Å²) < 4.78 is 13.0. The van der Waals surface area contributed by atoms with Gasteiger partial charge in [-0.05, 0) is 25.0 Å². The van der Waals surface area contributed by atoms with E-state index in [1.807, 2.05) is 0 Å². The Kier molecular flexibility index (Phi) is 2.55. The van der Waals surface area contributed by atoms with Gasteiger partial charge in [0.15, 0.2) is 5.78 Å². The zero-order valence-corrected chi connectivity index (χ0v) is 8.35. The Hall–Kier alpha value is -0.890. The minimum Gasteiger partial charge on any atom is -0.294 e. The van der Waals surface area contributed by atoms with Crippen LogP contribution < -0.4 is 0 Å². The third-order valence-electron chi connectivity index (χ3n) is 2.69. The highest BCUT2D eigenvalue weighted by atomic mass is 35.5. The summed E-state index contributed by atoms with van der Waals surface area (Å²) >= 11 is 5.72. The molecule has 0 aliphatic heterocycles. The fourth-order valence-electron chi connectivity index (χ4n) is 1.58. The van der Waals surface area contributed by atoms with Gasteiger partial charge in [0.2, 0.25) is 0 Å². The van der Waals surface area contributed by atoms with E-state index in [9.17, 15) is 9.18 Å². The SMILES string of the molecule is O=C(c1cccc(F)c1Cl)C1CCC1. The molecule has 3 heteroatoms. The van der Waals surface area contributed by atoms with Crippen LogP contribution in [0.1, 0.15) is 29.6 Å². The molecule has 1 aliphatic rings. The largest absolute Gasteiger partial charge is 0.294 e. The summed E-state index contributed by atoms with van der Waals surface area (Å²) in [6.07, 6.45) is 2.90. The number of hydrogen-bond donors (Lipinski definition) is 0. The topological polar surface area (TPSA) is 17.1 Å². The van der Waals surface area contributed by atoms with E-state index in [-0.39, 0.29) is 16.7 Å². The van der Waals surface area contributed by atoms with Crippen molar-refractivity contribution in [1.82, 2.24) is 0 Å². The van der Waals surface area contributed by atoms with E-state index in [2.05, 4.69) is 0 Å². The first-order valence-corrected chi connectivity index (χ1v) is 5.06. The number of carbonyl (C=O) groups excluding carboxylic acids is 1.